The first-order valence-corrected chi connectivity index (χ1v) is 6.78. The quantitative estimate of drug-likeness (QED) is 0.786. The molecule has 0 radical (unpaired) electrons. The third-order valence-corrected chi connectivity index (χ3v) is 2.74. The van der Waals surface area contributed by atoms with Gasteiger partial charge in [-0.1, -0.05) is 67.7 Å². The number of nitrogens with zero attached hydrogens (tertiary/aromatic N) is 3. The average Bonchev–Trinajstić information content (AvgIpc) is 2.44. The third kappa shape index (κ3) is 4.31. The summed E-state index contributed by atoms with van der Waals surface area (Å²) < 4.78 is 0.216. The summed E-state index contributed by atoms with van der Waals surface area (Å²) in [6, 6.07) is 0. The van der Waals surface area contributed by atoms with Crippen LogP contribution in [0.1, 0.15) is 45.5 Å². The number of rotatable bonds is 3. The van der Waals surface area contributed by atoms with E-state index in [0.29, 0.717) is 12.2 Å². The second-order valence-electron chi connectivity index (χ2n) is 5.34. The Bertz CT molecular complexity index is 374. The summed E-state index contributed by atoms with van der Waals surface area (Å²) >= 11 is 18.0. The lowest BCUT2D eigenvalue weighted by molar-refractivity contribution is 0.404. The summed E-state index contributed by atoms with van der Waals surface area (Å²) in [5, 5.41) is 8.22. The fourth-order valence-electron chi connectivity index (χ4n) is 1.65. The number of aromatic nitrogens is 3. The van der Waals surface area contributed by atoms with Gasteiger partial charge in [0.1, 0.15) is 5.69 Å². The summed E-state index contributed by atoms with van der Waals surface area (Å²) in [6.45, 7) is 9.11. The molecule has 0 aromatic carbocycles. The van der Waals surface area contributed by atoms with Gasteiger partial charge in [0, 0.05) is 6.54 Å². The molecule has 0 bridgehead atoms. The second-order valence-corrected chi connectivity index (χ2v) is 7.62. The highest BCUT2D eigenvalue weighted by Gasteiger charge is 2.33. The summed E-state index contributed by atoms with van der Waals surface area (Å²) in [6.07, 6.45) is 1.66. The van der Waals surface area contributed by atoms with E-state index in [1.165, 1.54) is 0 Å². The smallest absolute Gasteiger partial charge is 0.234 e. The molecule has 98 valence electrons. The van der Waals surface area contributed by atoms with Crippen LogP contribution in [-0.4, -0.2) is 15.0 Å². The Morgan fingerprint density at radius 2 is 1.76 bits per heavy atom. The van der Waals surface area contributed by atoms with Crippen LogP contribution in [0.4, 0.5) is 0 Å². The molecular formula is C11H18Cl3N3. The molecule has 1 aromatic rings. The Morgan fingerprint density at radius 1 is 1.18 bits per heavy atom. The van der Waals surface area contributed by atoms with Crippen molar-refractivity contribution in [2.45, 2.75) is 50.9 Å². The Morgan fingerprint density at radius 3 is 2.18 bits per heavy atom. The van der Waals surface area contributed by atoms with Crippen molar-refractivity contribution in [2.24, 2.45) is 5.41 Å². The van der Waals surface area contributed by atoms with Crippen molar-refractivity contribution in [3.8, 4) is 0 Å². The molecular weight excluding hydrogens is 281 g/mol. The van der Waals surface area contributed by atoms with Gasteiger partial charge in [-0.15, -0.1) is 5.10 Å². The number of alkyl halides is 3. The number of hydrogen-bond donors (Lipinski definition) is 0. The molecule has 17 heavy (non-hydrogen) atoms. The van der Waals surface area contributed by atoms with Gasteiger partial charge in [0.15, 0.2) is 0 Å². The van der Waals surface area contributed by atoms with Crippen molar-refractivity contribution in [3.63, 3.8) is 0 Å². The van der Waals surface area contributed by atoms with E-state index in [0.717, 1.165) is 18.5 Å². The van der Waals surface area contributed by atoms with E-state index >= 15 is 0 Å². The van der Waals surface area contributed by atoms with Gasteiger partial charge >= 0.3 is 0 Å². The molecule has 0 unspecified atom stereocenters. The summed E-state index contributed by atoms with van der Waals surface area (Å²) in [7, 11) is 0. The first kappa shape index (κ1) is 15.1. The molecule has 0 saturated carbocycles. The van der Waals surface area contributed by atoms with Crippen LogP contribution in [0.2, 0.25) is 0 Å². The van der Waals surface area contributed by atoms with Crippen molar-refractivity contribution >= 4 is 34.8 Å². The maximum Gasteiger partial charge on any atom is 0.234 e. The highest BCUT2D eigenvalue weighted by molar-refractivity contribution is 6.66. The van der Waals surface area contributed by atoms with E-state index in [1.54, 1.807) is 4.68 Å². The van der Waals surface area contributed by atoms with E-state index in [4.69, 9.17) is 34.8 Å². The molecule has 0 fully saturated rings. The second kappa shape index (κ2) is 5.33. The Kier molecular flexibility index (Phi) is 4.73. The first-order chi connectivity index (χ1) is 7.65. The lowest BCUT2D eigenvalue weighted by atomic mass is 9.90. The Labute approximate surface area is 117 Å². The third-order valence-electron chi connectivity index (χ3n) is 2.21. The summed E-state index contributed by atoms with van der Waals surface area (Å²) in [5.41, 5.74) is 1.45. The average molecular weight is 299 g/mol. The van der Waals surface area contributed by atoms with Crippen LogP contribution in [0.5, 0.6) is 0 Å². The number of hydrogen-bond acceptors (Lipinski definition) is 2. The molecule has 0 aliphatic carbocycles. The highest BCUT2D eigenvalue weighted by atomic mass is 35.6. The van der Waals surface area contributed by atoms with Crippen molar-refractivity contribution < 1.29 is 0 Å². The Hall–Kier alpha value is 0.01000. The Balaban J connectivity index is 3.14. The van der Waals surface area contributed by atoms with Crippen LogP contribution < -0.4 is 0 Å². The van der Waals surface area contributed by atoms with Gasteiger partial charge in [-0.2, -0.15) is 0 Å². The highest BCUT2D eigenvalue weighted by Crippen LogP contribution is 2.40. The van der Waals surface area contributed by atoms with E-state index in [-0.39, 0.29) is 5.41 Å². The molecule has 0 atom stereocenters. The van der Waals surface area contributed by atoms with Crippen LogP contribution >= 0.6 is 34.8 Å². The number of halogens is 3. The van der Waals surface area contributed by atoms with Crippen molar-refractivity contribution in [2.75, 3.05) is 0 Å². The maximum absolute atomic E-state index is 6.00. The standard InChI is InChI=1S/C11H18Cl3N3/c1-5-6-17-9(11(12,13)14)8(15-16-17)7-10(2,3)4/h5-7H2,1-4H3. The lowest BCUT2D eigenvalue weighted by Crippen LogP contribution is -2.17. The molecule has 0 aliphatic rings. The van der Waals surface area contributed by atoms with Crippen LogP contribution in [0.25, 0.3) is 0 Å². The first-order valence-electron chi connectivity index (χ1n) is 5.64. The largest absolute Gasteiger partial charge is 0.245 e. The van der Waals surface area contributed by atoms with E-state index < -0.39 is 3.79 Å². The summed E-state index contributed by atoms with van der Waals surface area (Å²) in [5.74, 6) is 0. The van der Waals surface area contributed by atoms with Crippen LogP contribution in [0.3, 0.4) is 0 Å². The molecule has 1 heterocycles. The molecule has 0 spiro atoms. The van der Waals surface area contributed by atoms with E-state index in [1.807, 2.05) is 6.92 Å². The molecule has 1 rings (SSSR count). The monoisotopic (exact) mass is 297 g/mol. The molecule has 0 aliphatic heterocycles. The van der Waals surface area contributed by atoms with Gasteiger partial charge in [-0.05, 0) is 18.3 Å². The summed E-state index contributed by atoms with van der Waals surface area (Å²) in [4.78, 5) is 0. The molecule has 0 N–H and O–H groups in total. The minimum absolute atomic E-state index is 0.0811. The van der Waals surface area contributed by atoms with E-state index in [2.05, 4.69) is 31.1 Å². The molecule has 0 saturated heterocycles. The zero-order valence-corrected chi connectivity index (χ0v) is 12.9. The lowest BCUT2D eigenvalue weighted by Gasteiger charge is -2.20. The fraction of sp³-hybridized carbons (Fsp3) is 0.818. The van der Waals surface area contributed by atoms with Gasteiger partial charge in [-0.3, -0.25) is 0 Å². The molecule has 0 amide bonds. The zero-order valence-electron chi connectivity index (χ0n) is 10.6. The minimum Gasteiger partial charge on any atom is -0.245 e. The van der Waals surface area contributed by atoms with Gasteiger partial charge in [-0.25, -0.2) is 4.68 Å². The van der Waals surface area contributed by atoms with Gasteiger partial charge in [0.05, 0.1) is 5.69 Å². The predicted molar refractivity (Wildman–Crippen MR) is 72.7 cm³/mol. The van der Waals surface area contributed by atoms with Gasteiger partial charge in [0.2, 0.25) is 3.79 Å². The zero-order chi connectivity index (χ0) is 13.3. The van der Waals surface area contributed by atoms with Crippen LogP contribution in [0.15, 0.2) is 0 Å². The maximum atomic E-state index is 6.00. The minimum atomic E-state index is -1.47. The molecule has 6 heteroatoms. The SMILES string of the molecule is CCCn1nnc(CC(C)(C)C)c1C(Cl)(Cl)Cl. The molecule has 1 aromatic heterocycles. The fourth-order valence-corrected chi connectivity index (χ4v) is 2.27. The van der Waals surface area contributed by atoms with Crippen LogP contribution in [0, 0.1) is 5.41 Å². The predicted octanol–water partition coefficient (Wildman–Crippen LogP) is 4.10. The van der Waals surface area contributed by atoms with Crippen molar-refractivity contribution in [1.82, 2.24) is 15.0 Å². The number of aryl methyl sites for hydroxylation is 1. The normalized spacial score (nSPS) is 13.1. The molecule has 3 nitrogen and oxygen atoms in total. The van der Waals surface area contributed by atoms with E-state index in [9.17, 15) is 0 Å². The van der Waals surface area contributed by atoms with Crippen molar-refractivity contribution in [1.29, 1.82) is 0 Å². The van der Waals surface area contributed by atoms with Crippen molar-refractivity contribution in [3.05, 3.63) is 11.4 Å². The van der Waals surface area contributed by atoms with Gasteiger partial charge < -0.3 is 0 Å². The van der Waals surface area contributed by atoms with Crippen LogP contribution in [-0.2, 0) is 16.8 Å². The van der Waals surface area contributed by atoms with Gasteiger partial charge in [0.25, 0.3) is 0 Å². The topological polar surface area (TPSA) is 30.7 Å².